The fourth-order valence-corrected chi connectivity index (χ4v) is 2.66. The largest absolute Gasteiger partial charge is 0.471 e. The smallest absolute Gasteiger partial charge is 0.331 e. The summed E-state index contributed by atoms with van der Waals surface area (Å²) in [6.45, 7) is 0.300. The molecule has 1 aromatic heterocycles. The Morgan fingerprint density at radius 2 is 1.96 bits per heavy atom. The van der Waals surface area contributed by atoms with Crippen molar-refractivity contribution in [1.82, 2.24) is 15.5 Å². The molecule has 2 aromatic rings. The van der Waals surface area contributed by atoms with Crippen molar-refractivity contribution in [3.05, 3.63) is 39.5 Å². The van der Waals surface area contributed by atoms with Gasteiger partial charge in [-0.25, -0.2) is 4.79 Å². The molecule has 3 rings (SSSR count). The van der Waals surface area contributed by atoms with Gasteiger partial charge in [0.1, 0.15) is 0 Å². The molecule has 25 heavy (non-hydrogen) atoms. The third kappa shape index (κ3) is 3.69. The molecule has 0 saturated heterocycles. The van der Waals surface area contributed by atoms with E-state index in [4.69, 9.17) is 23.2 Å². The van der Waals surface area contributed by atoms with Gasteiger partial charge in [-0.15, -0.1) is 0 Å². The van der Waals surface area contributed by atoms with E-state index in [1.807, 2.05) is 0 Å². The molecule has 0 saturated carbocycles. The van der Waals surface area contributed by atoms with E-state index in [0.717, 1.165) is 5.01 Å². The molecule has 0 radical (unpaired) electrons. The van der Waals surface area contributed by atoms with E-state index < -0.39 is 18.1 Å². The maximum atomic E-state index is 12.5. The first-order valence-electron chi connectivity index (χ1n) is 6.74. The van der Waals surface area contributed by atoms with E-state index in [1.54, 1.807) is 0 Å². The SMILES string of the molecule is O=C1NCC=NN1c1cc(Cl)c(Cc2noc(C(F)(F)F)n2)c(Cl)c1. The molecule has 2 amide bonds. The number of hydrogen-bond acceptors (Lipinski definition) is 5. The highest BCUT2D eigenvalue weighted by molar-refractivity contribution is 6.36. The fourth-order valence-electron chi connectivity index (χ4n) is 2.05. The number of urea groups is 1. The summed E-state index contributed by atoms with van der Waals surface area (Å²) in [5.41, 5.74) is 0.597. The van der Waals surface area contributed by atoms with Gasteiger partial charge in [0.25, 0.3) is 0 Å². The van der Waals surface area contributed by atoms with Crippen LogP contribution >= 0.6 is 23.2 Å². The first kappa shape index (κ1) is 17.5. The number of aromatic nitrogens is 2. The van der Waals surface area contributed by atoms with Crippen molar-refractivity contribution in [1.29, 1.82) is 0 Å². The van der Waals surface area contributed by atoms with Crippen LogP contribution in [0.1, 0.15) is 17.3 Å². The number of benzene rings is 1. The molecular formula is C13H8Cl2F3N5O2. The number of alkyl halides is 3. The molecule has 0 aliphatic carbocycles. The number of anilines is 1. The molecule has 1 N–H and O–H groups in total. The standard InChI is InChI=1S/C13H8Cl2F3N5O2/c14-8-3-6(23-12(24)19-1-2-20-23)4-9(15)7(8)5-10-21-11(25-22-10)13(16,17)18/h2-4H,1,5H2,(H,19,24). The second-order valence-corrected chi connectivity index (χ2v) is 5.69. The summed E-state index contributed by atoms with van der Waals surface area (Å²) in [5, 5.41) is 11.0. The highest BCUT2D eigenvalue weighted by Gasteiger charge is 2.38. The van der Waals surface area contributed by atoms with Crippen LogP contribution in [0, 0.1) is 0 Å². The molecule has 0 spiro atoms. The van der Waals surface area contributed by atoms with Crippen LogP contribution in [-0.4, -0.2) is 28.9 Å². The van der Waals surface area contributed by atoms with Crippen molar-refractivity contribution in [2.75, 3.05) is 11.6 Å². The zero-order valence-corrected chi connectivity index (χ0v) is 13.7. The van der Waals surface area contributed by atoms with Gasteiger partial charge in [0, 0.05) is 22.7 Å². The maximum Gasteiger partial charge on any atom is 0.471 e. The van der Waals surface area contributed by atoms with Crippen LogP contribution in [0.5, 0.6) is 0 Å². The van der Waals surface area contributed by atoms with Crippen molar-refractivity contribution in [3.63, 3.8) is 0 Å². The Bertz CT molecular complexity index is 829. The number of carbonyl (C=O) groups is 1. The molecular weight excluding hydrogens is 386 g/mol. The Hall–Kier alpha value is -2.33. The minimum Gasteiger partial charge on any atom is -0.331 e. The molecule has 132 valence electrons. The molecule has 7 nitrogen and oxygen atoms in total. The van der Waals surface area contributed by atoms with Gasteiger partial charge in [-0.2, -0.15) is 28.3 Å². The Morgan fingerprint density at radius 3 is 2.52 bits per heavy atom. The highest BCUT2D eigenvalue weighted by atomic mass is 35.5. The van der Waals surface area contributed by atoms with Crippen LogP contribution in [0.25, 0.3) is 0 Å². The third-order valence-electron chi connectivity index (χ3n) is 3.15. The van der Waals surface area contributed by atoms with Crippen molar-refractivity contribution in [2.24, 2.45) is 5.10 Å². The molecule has 0 atom stereocenters. The molecule has 0 fully saturated rings. The number of amides is 2. The van der Waals surface area contributed by atoms with Crippen molar-refractivity contribution < 1.29 is 22.5 Å². The fraction of sp³-hybridized carbons (Fsp3) is 0.231. The first-order chi connectivity index (χ1) is 11.8. The van der Waals surface area contributed by atoms with Crippen molar-refractivity contribution >= 4 is 41.1 Å². The van der Waals surface area contributed by atoms with E-state index in [1.165, 1.54) is 18.3 Å². The van der Waals surface area contributed by atoms with Crippen molar-refractivity contribution in [2.45, 2.75) is 12.6 Å². The summed E-state index contributed by atoms with van der Waals surface area (Å²) in [6.07, 6.45) is -3.43. The van der Waals surface area contributed by atoms with Crippen LogP contribution < -0.4 is 10.3 Å². The molecule has 0 bridgehead atoms. The summed E-state index contributed by atoms with van der Waals surface area (Å²) < 4.78 is 41.6. The summed E-state index contributed by atoms with van der Waals surface area (Å²) >= 11 is 12.3. The third-order valence-corrected chi connectivity index (χ3v) is 3.82. The number of nitrogens with one attached hydrogen (secondary N) is 1. The molecule has 2 heterocycles. The lowest BCUT2D eigenvalue weighted by Gasteiger charge is -2.21. The summed E-state index contributed by atoms with van der Waals surface area (Å²) in [5.74, 6) is -1.68. The van der Waals surface area contributed by atoms with E-state index in [0.29, 0.717) is 17.8 Å². The zero-order chi connectivity index (χ0) is 18.2. The highest BCUT2D eigenvalue weighted by Crippen LogP contribution is 2.33. The van der Waals surface area contributed by atoms with E-state index in [9.17, 15) is 18.0 Å². The van der Waals surface area contributed by atoms with Crippen LogP contribution in [0.3, 0.4) is 0 Å². The second kappa shape index (κ2) is 6.52. The minimum absolute atomic E-state index is 0.120. The quantitative estimate of drug-likeness (QED) is 0.864. The number of hydrogen-bond donors (Lipinski definition) is 1. The lowest BCUT2D eigenvalue weighted by Crippen LogP contribution is -2.41. The van der Waals surface area contributed by atoms with Gasteiger partial charge in [0.15, 0.2) is 5.82 Å². The lowest BCUT2D eigenvalue weighted by atomic mass is 10.1. The Kier molecular flexibility index (Phi) is 4.56. The van der Waals surface area contributed by atoms with Gasteiger partial charge in [0.05, 0.1) is 12.2 Å². The normalized spacial score (nSPS) is 14.8. The van der Waals surface area contributed by atoms with Crippen LogP contribution in [0.2, 0.25) is 10.0 Å². The summed E-state index contributed by atoms with van der Waals surface area (Å²) in [4.78, 5) is 15.0. The minimum atomic E-state index is -4.73. The molecule has 1 aliphatic heterocycles. The zero-order valence-electron chi connectivity index (χ0n) is 12.1. The monoisotopic (exact) mass is 393 g/mol. The van der Waals surface area contributed by atoms with Crippen molar-refractivity contribution in [3.8, 4) is 0 Å². The summed E-state index contributed by atoms with van der Waals surface area (Å²) in [6, 6.07) is 2.36. The number of halogens is 5. The van der Waals surface area contributed by atoms with E-state index >= 15 is 0 Å². The topological polar surface area (TPSA) is 83.6 Å². The first-order valence-corrected chi connectivity index (χ1v) is 7.49. The van der Waals surface area contributed by atoms with Gasteiger partial charge in [0.2, 0.25) is 0 Å². The Balaban J connectivity index is 1.88. The number of carbonyl (C=O) groups excluding carboxylic acids is 1. The van der Waals surface area contributed by atoms with Gasteiger partial charge < -0.3 is 9.84 Å². The van der Waals surface area contributed by atoms with Gasteiger partial charge >= 0.3 is 18.1 Å². The molecule has 12 heteroatoms. The van der Waals surface area contributed by atoms with Crippen LogP contribution in [0.15, 0.2) is 21.8 Å². The van der Waals surface area contributed by atoms with E-state index in [2.05, 4.69) is 25.1 Å². The average molecular weight is 394 g/mol. The van der Waals surface area contributed by atoms with Gasteiger partial charge in [-0.1, -0.05) is 28.4 Å². The number of rotatable bonds is 3. The van der Waals surface area contributed by atoms with Crippen LogP contribution in [0.4, 0.5) is 23.7 Å². The van der Waals surface area contributed by atoms with Crippen LogP contribution in [-0.2, 0) is 12.6 Å². The van der Waals surface area contributed by atoms with Gasteiger partial charge in [-0.05, 0) is 17.7 Å². The van der Waals surface area contributed by atoms with E-state index in [-0.39, 0.29) is 22.3 Å². The maximum absolute atomic E-state index is 12.5. The molecule has 0 unspecified atom stereocenters. The predicted octanol–water partition coefficient (Wildman–Crippen LogP) is 3.50. The Morgan fingerprint density at radius 1 is 1.28 bits per heavy atom. The molecule has 1 aliphatic rings. The Labute approximate surface area is 148 Å². The molecule has 1 aromatic carbocycles. The summed E-state index contributed by atoms with van der Waals surface area (Å²) in [7, 11) is 0. The second-order valence-electron chi connectivity index (χ2n) is 4.87. The average Bonchev–Trinajstić information content (AvgIpc) is 3.00. The lowest BCUT2D eigenvalue weighted by molar-refractivity contribution is -0.159. The van der Waals surface area contributed by atoms with Gasteiger partial charge in [-0.3, -0.25) is 0 Å². The predicted molar refractivity (Wildman–Crippen MR) is 82.9 cm³/mol. The number of nitrogens with zero attached hydrogens (tertiary/aromatic N) is 4. The number of hydrazone groups is 1.